The molecule has 0 spiro atoms. The van der Waals surface area contributed by atoms with E-state index >= 15 is 0 Å². The van der Waals surface area contributed by atoms with Crippen LogP contribution in [0.5, 0.6) is 0 Å². The van der Waals surface area contributed by atoms with Crippen molar-refractivity contribution in [2.45, 2.75) is 33.8 Å². The highest BCUT2D eigenvalue weighted by Crippen LogP contribution is 2.40. The van der Waals surface area contributed by atoms with Gasteiger partial charge in [0.1, 0.15) is 5.03 Å². The van der Waals surface area contributed by atoms with Crippen molar-refractivity contribution >= 4 is 21.6 Å². The van der Waals surface area contributed by atoms with Gasteiger partial charge in [-0.1, -0.05) is 0 Å². The van der Waals surface area contributed by atoms with Gasteiger partial charge in [0.2, 0.25) is 0 Å². The Labute approximate surface area is 147 Å². The van der Waals surface area contributed by atoms with Crippen LogP contribution in [0.1, 0.15) is 22.6 Å². The zero-order chi connectivity index (χ0) is 19.6. The summed E-state index contributed by atoms with van der Waals surface area (Å²) >= 11 is 0. The highest BCUT2D eigenvalue weighted by molar-refractivity contribution is 7.86. The molecule has 1 aliphatic rings. The maximum atomic E-state index is 13.2. The van der Waals surface area contributed by atoms with Crippen molar-refractivity contribution in [2.75, 3.05) is 0 Å². The third-order valence-electron chi connectivity index (χ3n) is 3.73. The number of aromatic nitrogens is 4. The number of halogens is 6. The molecule has 6 nitrogen and oxygen atoms in total. The first kappa shape index (κ1) is 19.1. The molecule has 0 aliphatic carbocycles. The van der Waals surface area contributed by atoms with Crippen molar-refractivity contribution in [1.82, 2.24) is 19.6 Å². The van der Waals surface area contributed by atoms with E-state index in [2.05, 4.69) is 10.2 Å². The van der Waals surface area contributed by atoms with Crippen LogP contribution in [0.15, 0.2) is 9.92 Å². The molecule has 2 aromatic heterocycles. The van der Waals surface area contributed by atoms with Gasteiger partial charge in [0.15, 0.2) is 11.4 Å². The predicted octanol–water partition coefficient (Wildman–Crippen LogP) is 2.12. The van der Waals surface area contributed by atoms with Gasteiger partial charge >= 0.3 is 12.4 Å². The zero-order valence-electron chi connectivity index (χ0n) is 13.1. The van der Waals surface area contributed by atoms with Gasteiger partial charge < -0.3 is 0 Å². The molecule has 0 saturated heterocycles. The van der Waals surface area contributed by atoms with Crippen LogP contribution in [0.2, 0.25) is 0 Å². The van der Waals surface area contributed by atoms with Gasteiger partial charge in [-0.25, -0.2) is 0 Å². The Bertz CT molecular complexity index is 943. The number of rotatable bonds is 0. The summed E-state index contributed by atoms with van der Waals surface area (Å²) in [5.74, 6) is -1.46. The average molecular weight is 420 g/mol. The summed E-state index contributed by atoms with van der Waals surface area (Å²) in [5.41, 5.74) is -3.68. The van der Waals surface area contributed by atoms with Crippen molar-refractivity contribution in [1.29, 1.82) is 0 Å². The monoisotopic (exact) mass is 420 g/mol. The third kappa shape index (κ3) is 2.98. The Morgan fingerprint density at radius 3 is 1.92 bits per heavy atom. The minimum atomic E-state index is -4.95. The summed E-state index contributed by atoms with van der Waals surface area (Å²) in [7, 11) is -2.31. The second kappa shape index (κ2) is 5.90. The van der Waals surface area contributed by atoms with E-state index in [1.54, 1.807) is 0 Å². The van der Waals surface area contributed by atoms with Crippen LogP contribution in [-0.2, 0) is 59.6 Å². The van der Waals surface area contributed by atoms with Crippen LogP contribution >= 0.6 is 0 Å². The molecule has 2 atom stereocenters. The maximum Gasteiger partial charge on any atom is 0.436 e. The lowest BCUT2D eigenvalue weighted by Crippen LogP contribution is -2.17. The highest BCUT2D eigenvalue weighted by atomic mass is 32.2. The molecular weight excluding hydrogens is 410 g/mol. The summed E-state index contributed by atoms with van der Waals surface area (Å²) in [6.45, 7) is 0. The summed E-state index contributed by atoms with van der Waals surface area (Å²) in [5, 5.41) is 6.27. The van der Waals surface area contributed by atoms with Gasteiger partial charge in [0.05, 0.1) is 43.7 Å². The Kier molecular flexibility index (Phi) is 4.33. The summed E-state index contributed by atoms with van der Waals surface area (Å²) < 4.78 is 106. The quantitative estimate of drug-likeness (QED) is 0.613. The van der Waals surface area contributed by atoms with Crippen molar-refractivity contribution in [3.8, 4) is 0 Å². The van der Waals surface area contributed by atoms with Gasteiger partial charge in [-0.15, -0.1) is 0 Å². The number of fused-ring (bicyclic) bond motifs is 2. The van der Waals surface area contributed by atoms with Crippen LogP contribution in [0.4, 0.5) is 26.3 Å². The second-order valence-electron chi connectivity index (χ2n) is 5.48. The molecule has 1 aliphatic heterocycles. The van der Waals surface area contributed by atoms with E-state index in [1.807, 2.05) is 0 Å². The first-order valence-electron chi connectivity index (χ1n) is 6.85. The molecule has 3 rings (SSSR count). The SMILES string of the molecule is Cn1nc(C(F)(F)F)c2c1CS(=O)c1c(c(C(F)(F)F)nn1C)CS2=O. The van der Waals surface area contributed by atoms with E-state index in [9.17, 15) is 34.8 Å². The Hall–Kier alpha value is -1.70. The lowest BCUT2D eigenvalue weighted by molar-refractivity contribution is -0.144. The van der Waals surface area contributed by atoms with Crippen LogP contribution < -0.4 is 0 Å². The summed E-state index contributed by atoms with van der Waals surface area (Å²) in [6.07, 6.45) is -9.88. The van der Waals surface area contributed by atoms with E-state index in [4.69, 9.17) is 0 Å². The van der Waals surface area contributed by atoms with Crippen LogP contribution in [-0.4, -0.2) is 28.0 Å². The summed E-state index contributed by atoms with van der Waals surface area (Å²) in [4.78, 5) is -0.740. The molecule has 0 aromatic carbocycles. The molecule has 0 amide bonds. The normalized spacial score (nSPS) is 21.1. The van der Waals surface area contributed by atoms with Crippen molar-refractivity contribution in [3.05, 3.63) is 22.6 Å². The Balaban J connectivity index is 2.25. The fourth-order valence-corrected chi connectivity index (χ4v) is 5.91. The first-order chi connectivity index (χ1) is 11.8. The van der Waals surface area contributed by atoms with Crippen LogP contribution in [0, 0.1) is 0 Å². The molecular formula is C12H10F6N4O2S2. The van der Waals surface area contributed by atoms with Crippen molar-refractivity contribution < 1.29 is 34.8 Å². The van der Waals surface area contributed by atoms with Gasteiger partial charge in [-0.2, -0.15) is 36.5 Å². The van der Waals surface area contributed by atoms with Crippen molar-refractivity contribution in [3.63, 3.8) is 0 Å². The average Bonchev–Trinajstić information content (AvgIpc) is 2.95. The molecule has 26 heavy (non-hydrogen) atoms. The predicted molar refractivity (Wildman–Crippen MR) is 76.6 cm³/mol. The minimum Gasteiger partial charge on any atom is -0.270 e. The number of aryl methyl sites for hydroxylation is 2. The third-order valence-corrected chi connectivity index (χ3v) is 6.64. The topological polar surface area (TPSA) is 69.8 Å². The first-order valence-corrected chi connectivity index (χ1v) is 9.49. The van der Waals surface area contributed by atoms with Crippen LogP contribution in [0.25, 0.3) is 0 Å². The van der Waals surface area contributed by atoms with E-state index in [1.165, 1.54) is 0 Å². The Morgan fingerprint density at radius 1 is 0.846 bits per heavy atom. The molecule has 14 heteroatoms. The lowest BCUT2D eigenvalue weighted by Gasteiger charge is -2.14. The number of hydrogen-bond acceptors (Lipinski definition) is 4. The molecule has 0 radical (unpaired) electrons. The Morgan fingerprint density at radius 2 is 1.38 bits per heavy atom. The van der Waals surface area contributed by atoms with Gasteiger partial charge in [-0.05, 0) is 0 Å². The second-order valence-corrected chi connectivity index (χ2v) is 8.23. The molecule has 144 valence electrons. The summed E-state index contributed by atoms with van der Waals surface area (Å²) in [6, 6.07) is 0. The largest absolute Gasteiger partial charge is 0.436 e. The van der Waals surface area contributed by atoms with Crippen LogP contribution in [0.3, 0.4) is 0 Å². The van der Waals surface area contributed by atoms with Gasteiger partial charge in [-0.3, -0.25) is 17.8 Å². The lowest BCUT2D eigenvalue weighted by atomic mass is 10.3. The number of nitrogens with zero attached hydrogens (tertiary/aromatic N) is 4. The van der Waals surface area contributed by atoms with Crippen molar-refractivity contribution in [2.24, 2.45) is 14.1 Å². The number of alkyl halides is 6. The molecule has 3 heterocycles. The van der Waals surface area contributed by atoms with E-state index in [0.717, 1.165) is 23.5 Å². The minimum absolute atomic E-state index is 0.200. The maximum absolute atomic E-state index is 13.2. The molecule has 0 saturated carbocycles. The van der Waals surface area contributed by atoms with Gasteiger partial charge in [0.25, 0.3) is 0 Å². The fourth-order valence-electron chi connectivity index (χ4n) is 2.71. The molecule has 0 N–H and O–H groups in total. The van der Waals surface area contributed by atoms with E-state index in [0.29, 0.717) is 0 Å². The smallest absolute Gasteiger partial charge is 0.270 e. The number of hydrogen-bond donors (Lipinski definition) is 0. The zero-order valence-corrected chi connectivity index (χ0v) is 14.7. The molecule has 0 bridgehead atoms. The highest BCUT2D eigenvalue weighted by Gasteiger charge is 2.45. The standard InChI is InChI=1S/C12H10F6N4O2S2/c1-21-6-4-26(24)10-5(8(11(13,14)15)19-22(10)2)3-25(23)7(6)9(20-21)12(16,17)18/h3-4H2,1-2H3. The van der Waals surface area contributed by atoms with Gasteiger partial charge in [0, 0.05) is 19.7 Å². The molecule has 2 aromatic rings. The van der Waals surface area contributed by atoms with E-state index < -0.39 is 67.3 Å². The fraction of sp³-hybridized carbons (Fsp3) is 0.500. The molecule has 2 unspecified atom stereocenters. The molecule has 0 fully saturated rings. The van der Waals surface area contributed by atoms with E-state index in [-0.39, 0.29) is 10.7 Å².